The van der Waals surface area contributed by atoms with E-state index in [1.54, 1.807) is 49.4 Å². The minimum Gasteiger partial charge on any atom is -0.489 e. The van der Waals surface area contributed by atoms with E-state index < -0.39 is 28.5 Å². The van der Waals surface area contributed by atoms with E-state index in [1.165, 1.54) is 11.9 Å². The van der Waals surface area contributed by atoms with Crippen LogP contribution in [-0.4, -0.2) is 51.0 Å². The monoisotopic (exact) mass is 591 g/mol. The molecule has 0 unspecified atom stereocenters. The largest absolute Gasteiger partial charge is 0.489 e. The van der Waals surface area contributed by atoms with E-state index >= 15 is 0 Å². The number of halogens is 2. The van der Waals surface area contributed by atoms with Crippen LogP contribution in [0.5, 0.6) is 5.75 Å². The minimum absolute atomic E-state index is 0.0332. The van der Waals surface area contributed by atoms with Crippen molar-refractivity contribution in [2.75, 3.05) is 24.2 Å². The third-order valence-corrected chi connectivity index (χ3v) is 7.90. The van der Waals surface area contributed by atoms with E-state index in [0.29, 0.717) is 40.1 Å². The molecule has 0 aliphatic rings. The molecule has 208 valence electrons. The van der Waals surface area contributed by atoms with Gasteiger partial charge in [-0.1, -0.05) is 66.5 Å². The summed E-state index contributed by atoms with van der Waals surface area (Å²) in [6.45, 7) is 1.66. The number of likely N-dealkylation sites (N-methyl/N-ethyl adjacent to an activating group) is 1. The van der Waals surface area contributed by atoms with Crippen LogP contribution >= 0.6 is 23.2 Å². The maximum Gasteiger partial charge on any atom is 0.244 e. The molecular weight excluding hydrogens is 561 g/mol. The van der Waals surface area contributed by atoms with Crippen LogP contribution in [0.4, 0.5) is 5.69 Å². The number of carbonyl (C=O) groups is 2. The normalized spacial score (nSPS) is 11.9. The topological polar surface area (TPSA) is 96.0 Å². The Balaban J connectivity index is 1.85. The van der Waals surface area contributed by atoms with Gasteiger partial charge in [0.15, 0.2) is 0 Å². The molecule has 0 radical (unpaired) electrons. The highest BCUT2D eigenvalue weighted by Gasteiger charge is 2.31. The maximum absolute atomic E-state index is 13.6. The van der Waals surface area contributed by atoms with Crippen LogP contribution in [0.15, 0.2) is 72.8 Å². The van der Waals surface area contributed by atoms with Crippen LogP contribution in [0.3, 0.4) is 0 Å². The first-order valence-electron chi connectivity index (χ1n) is 12.2. The Bertz CT molecular complexity index is 1390. The average Bonchev–Trinajstić information content (AvgIpc) is 2.92. The van der Waals surface area contributed by atoms with Crippen molar-refractivity contribution in [2.24, 2.45) is 0 Å². The van der Waals surface area contributed by atoms with Crippen LogP contribution in [0.25, 0.3) is 0 Å². The molecular formula is C28H31Cl2N3O5S. The molecule has 1 atom stereocenters. The molecule has 0 spiro atoms. The highest BCUT2D eigenvalue weighted by molar-refractivity contribution is 7.92. The lowest BCUT2D eigenvalue weighted by atomic mass is 10.1. The summed E-state index contributed by atoms with van der Waals surface area (Å²) in [5.41, 5.74) is 1.93. The number of carbonyl (C=O) groups excluding carboxylic acids is 2. The molecule has 0 fully saturated rings. The zero-order valence-corrected chi connectivity index (χ0v) is 24.3. The molecule has 0 heterocycles. The van der Waals surface area contributed by atoms with Crippen LogP contribution in [0.2, 0.25) is 10.0 Å². The quantitative estimate of drug-likeness (QED) is 0.323. The first-order valence-corrected chi connectivity index (χ1v) is 14.8. The fraction of sp³-hybridized carbons (Fsp3) is 0.286. The Morgan fingerprint density at radius 2 is 1.62 bits per heavy atom. The molecule has 3 rings (SSSR count). The lowest BCUT2D eigenvalue weighted by Gasteiger charge is -2.32. The molecule has 39 heavy (non-hydrogen) atoms. The van der Waals surface area contributed by atoms with Gasteiger partial charge in [0.05, 0.1) is 22.0 Å². The smallest absolute Gasteiger partial charge is 0.244 e. The molecule has 8 nitrogen and oxygen atoms in total. The number of rotatable bonds is 12. The summed E-state index contributed by atoms with van der Waals surface area (Å²) in [6, 6.07) is 20.2. The van der Waals surface area contributed by atoms with Gasteiger partial charge in [0, 0.05) is 13.6 Å². The Labute approximate surface area is 239 Å². The summed E-state index contributed by atoms with van der Waals surface area (Å²) in [5, 5.41) is 3.24. The summed E-state index contributed by atoms with van der Waals surface area (Å²) >= 11 is 12.2. The van der Waals surface area contributed by atoms with Crippen molar-refractivity contribution in [1.29, 1.82) is 0 Å². The van der Waals surface area contributed by atoms with E-state index in [-0.39, 0.29) is 12.5 Å². The number of sulfonamides is 1. The zero-order valence-electron chi connectivity index (χ0n) is 21.9. The third kappa shape index (κ3) is 8.36. The molecule has 0 bridgehead atoms. The summed E-state index contributed by atoms with van der Waals surface area (Å²) in [7, 11) is -2.37. The van der Waals surface area contributed by atoms with Crippen LogP contribution < -0.4 is 14.4 Å². The van der Waals surface area contributed by atoms with Crippen molar-refractivity contribution in [3.63, 3.8) is 0 Å². The highest BCUT2D eigenvalue weighted by atomic mass is 35.5. The molecule has 3 aromatic rings. The number of anilines is 1. The van der Waals surface area contributed by atoms with Gasteiger partial charge in [-0.05, 0) is 53.9 Å². The molecule has 0 saturated carbocycles. The lowest BCUT2D eigenvalue weighted by Crippen LogP contribution is -2.51. The Kier molecular flexibility index (Phi) is 10.6. The maximum atomic E-state index is 13.6. The van der Waals surface area contributed by atoms with Crippen molar-refractivity contribution in [3.8, 4) is 5.75 Å². The molecule has 1 N–H and O–H groups in total. The first-order chi connectivity index (χ1) is 18.5. The second-order valence-corrected chi connectivity index (χ2v) is 11.6. The van der Waals surface area contributed by atoms with Gasteiger partial charge in [0.1, 0.15) is 24.9 Å². The fourth-order valence-electron chi connectivity index (χ4n) is 3.98. The Hall–Kier alpha value is -3.27. The van der Waals surface area contributed by atoms with Gasteiger partial charge >= 0.3 is 0 Å². The fourth-order valence-corrected chi connectivity index (χ4v) is 5.15. The SMILES string of the molecule is CC[C@@H](C(=O)NC)N(Cc1ccc(Cl)c(Cl)c1)C(=O)CN(c1ccc(OCc2ccccc2)cc1)S(C)(=O)=O. The number of nitrogens with zero attached hydrogens (tertiary/aromatic N) is 2. The van der Waals surface area contributed by atoms with Crippen molar-refractivity contribution < 1.29 is 22.7 Å². The van der Waals surface area contributed by atoms with Gasteiger partial charge in [0.2, 0.25) is 21.8 Å². The predicted octanol–water partition coefficient (Wildman–Crippen LogP) is 4.89. The molecule has 11 heteroatoms. The standard InChI is InChI=1S/C28H31Cl2N3O5S/c1-4-26(28(35)31-2)32(17-21-10-15-24(29)25(30)16-21)27(34)18-33(39(3,36)37)22-11-13-23(14-12-22)38-19-20-8-6-5-7-9-20/h5-16,26H,4,17-19H2,1-3H3,(H,31,35)/t26-/m0/s1. The van der Waals surface area contributed by atoms with Gasteiger partial charge in [-0.25, -0.2) is 8.42 Å². The molecule has 0 saturated heterocycles. The second-order valence-electron chi connectivity index (χ2n) is 8.85. The van der Waals surface area contributed by atoms with E-state index in [0.717, 1.165) is 16.1 Å². The third-order valence-electron chi connectivity index (χ3n) is 6.02. The number of nitrogens with one attached hydrogen (secondary N) is 1. The number of amides is 2. The minimum atomic E-state index is -3.85. The summed E-state index contributed by atoms with van der Waals surface area (Å²) in [4.78, 5) is 27.6. The van der Waals surface area contributed by atoms with E-state index in [2.05, 4.69) is 5.32 Å². The van der Waals surface area contributed by atoms with Crippen molar-refractivity contribution in [3.05, 3.63) is 94.0 Å². The van der Waals surface area contributed by atoms with Gasteiger partial charge < -0.3 is 15.0 Å². The average molecular weight is 593 g/mol. The van der Waals surface area contributed by atoms with E-state index in [9.17, 15) is 18.0 Å². The van der Waals surface area contributed by atoms with E-state index in [1.807, 2.05) is 30.3 Å². The Morgan fingerprint density at radius 1 is 0.949 bits per heavy atom. The van der Waals surface area contributed by atoms with Gasteiger partial charge in [-0.15, -0.1) is 0 Å². The Morgan fingerprint density at radius 3 is 2.18 bits per heavy atom. The predicted molar refractivity (Wildman–Crippen MR) is 155 cm³/mol. The number of hydrogen-bond acceptors (Lipinski definition) is 5. The van der Waals surface area contributed by atoms with Crippen molar-refractivity contribution in [2.45, 2.75) is 32.5 Å². The van der Waals surface area contributed by atoms with Gasteiger partial charge in [-0.2, -0.15) is 0 Å². The number of hydrogen-bond donors (Lipinski definition) is 1. The van der Waals surface area contributed by atoms with Gasteiger partial charge in [-0.3, -0.25) is 13.9 Å². The van der Waals surface area contributed by atoms with Crippen molar-refractivity contribution in [1.82, 2.24) is 10.2 Å². The zero-order chi connectivity index (χ0) is 28.6. The molecule has 3 aromatic carbocycles. The van der Waals surface area contributed by atoms with Crippen LogP contribution in [0.1, 0.15) is 24.5 Å². The summed E-state index contributed by atoms with van der Waals surface area (Å²) in [6.07, 6.45) is 1.35. The molecule has 0 aliphatic heterocycles. The van der Waals surface area contributed by atoms with Crippen LogP contribution in [-0.2, 0) is 32.8 Å². The summed E-state index contributed by atoms with van der Waals surface area (Å²) < 4.78 is 32.3. The molecule has 0 aliphatic carbocycles. The van der Waals surface area contributed by atoms with E-state index in [4.69, 9.17) is 27.9 Å². The first kappa shape index (κ1) is 30.3. The van der Waals surface area contributed by atoms with Crippen molar-refractivity contribution >= 4 is 50.7 Å². The molecule has 0 aromatic heterocycles. The summed E-state index contributed by atoms with van der Waals surface area (Å²) in [5.74, 6) is -0.364. The lowest BCUT2D eigenvalue weighted by molar-refractivity contribution is -0.140. The van der Waals surface area contributed by atoms with Crippen LogP contribution in [0, 0.1) is 0 Å². The highest BCUT2D eigenvalue weighted by Crippen LogP contribution is 2.26. The number of ether oxygens (including phenoxy) is 1. The van der Waals surface area contributed by atoms with Gasteiger partial charge in [0.25, 0.3) is 0 Å². The number of benzene rings is 3. The molecule has 2 amide bonds. The second kappa shape index (κ2) is 13.7.